The average Bonchev–Trinajstić information content (AvgIpc) is 2.94. The molecule has 1 heterocycles. The van der Waals surface area contributed by atoms with Gasteiger partial charge in [0.25, 0.3) is 0 Å². The van der Waals surface area contributed by atoms with E-state index in [1.165, 1.54) is 0 Å². The highest BCUT2D eigenvalue weighted by Crippen LogP contribution is 2.28. The summed E-state index contributed by atoms with van der Waals surface area (Å²) in [7, 11) is 0. The minimum absolute atomic E-state index is 0.132. The third-order valence-electron chi connectivity index (χ3n) is 4.57. The molecule has 22 heavy (non-hydrogen) atoms. The van der Waals surface area contributed by atoms with Gasteiger partial charge in [0.15, 0.2) is 0 Å². The fourth-order valence-electron chi connectivity index (χ4n) is 3.31. The first-order valence-electron chi connectivity index (χ1n) is 8.04. The highest BCUT2D eigenvalue weighted by atomic mass is 16.3. The van der Waals surface area contributed by atoms with Crippen LogP contribution in [0.4, 0.5) is 11.4 Å². The fraction of sp³-hybridized carbons (Fsp3) is 0.529. The van der Waals surface area contributed by atoms with Crippen molar-refractivity contribution in [2.24, 2.45) is 5.92 Å². The molecule has 5 heteroatoms. The Bertz CT molecular complexity index is 573. The lowest BCUT2D eigenvalue weighted by molar-refractivity contribution is -0.122. The number of anilines is 2. The topological polar surface area (TPSA) is 69.6 Å². The van der Waals surface area contributed by atoms with Crippen LogP contribution in [0.3, 0.4) is 0 Å². The molecular formula is C17H22N2O3. The Balaban J connectivity index is 1.71. The van der Waals surface area contributed by atoms with Crippen molar-refractivity contribution in [3.63, 3.8) is 0 Å². The monoisotopic (exact) mass is 302 g/mol. The third-order valence-corrected chi connectivity index (χ3v) is 4.57. The molecule has 118 valence electrons. The number of hydrogen-bond acceptors (Lipinski definition) is 3. The van der Waals surface area contributed by atoms with Gasteiger partial charge in [0, 0.05) is 24.3 Å². The van der Waals surface area contributed by atoms with Crippen LogP contribution < -0.4 is 10.2 Å². The molecule has 1 saturated carbocycles. The lowest BCUT2D eigenvalue weighted by atomic mass is 10.0. The Kier molecular flexibility index (Phi) is 4.43. The molecule has 2 atom stereocenters. The normalized spacial score (nSPS) is 25.3. The summed E-state index contributed by atoms with van der Waals surface area (Å²) in [5, 5.41) is 12.7. The lowest BCUT2D eigenvalue weighted by Gasteiger charge is -2.27. The molecule has 2 fully saturated rings. The first kappa shape index (κ1) is 15.0. The second-order valence-electron chi connectivity index (χ2n) is 6.15. The van der Waals surface area contributed by atoms with Gasteiger partial charge in [-0.3, -0.25) is 9.59 Å². The molecular weight excluding hydrogens is 280 g/mol. The van der Waals surface area contributed by atoms with Crippen LogP contribution in [0.5, 0.6) is 0 Å². The number of rotatable bonds is 3. The van der Waals surface area contributed by atoms with E-state index >= 15 is 0 Å². The maximum absolute atomic E-state index is 12.2. The van der Waals surface area contributed by atoms with Crippen molar-refractivity contribution in [1.82, 2.24) is 0 Å². The molecule has 2 amide bonds. The van der Waals surface area contributed by atoms with Gasteiger partial charge in [-0.25, -0.2) is 0 Å². The van der Waals surface area contributed by atoms with E-state index in [-0.39, 0.29) is 17.7 Å². The van der Waals surface area contributed by atoms with Crippen LogP contribution in [0.15, 0.2) is 24.3 Å². The van der Waals surface area contributed by atoms with Crippen LogP contribution in [0.25, 0.3) is 0 Å². The van der Waals surface area contributed by atoms with Gasteiger partial charge in [-0.05, 0) is 50.3 Å². The van der Waals surface area contributed by atoms with E-state index in [9.17, 15) is 14.7 Å². The molecule has 1 aliphatic heterocycles. The van der Waals surface area contributed by atoms with E-state index in [2.05, 4.69) is 5.32 Å². The van der Waals surface area contributed by atoms with Crippen LogP contribution in [-0.4, -0.2) is 29.6 Å². The Morgan fingerprint density at radius 1 is 1.23 bits per heavy atom. The molecule has 2 N–H and O–H groups in total. The van der Waals surface area contributed by atoms with Crippen molar-refractivity contribution >= 4 is 23.2 Å². The van der Waals surface area contributed by atoms with Gasteiger partial charge in [0.05, 0.1) is 12.0 Å². The number of carbonyl (C=O) groups is 2. The van der Waals surface area contributed by atoms with E-state index < -0.39 is 6.10 Å². The maximum atomic E-state index is 12.2. The number of aliphatic hydroxyl groups is 1. The predicted octanol–water partition coefficient (Wildman–Crippen LogP) is 2.30. The van der Waals surface area contributed by atoms with E-state index in [0.29, 0.717) is 18.5 Å². The quantitative estimate of drug-likeness (QED) is 0.900. The number of nitrogens with zero attached hydrogens (tertiary/aromatic N) is 1. The summed E-state index contributed by atoms with van der Waals surface area (Å²) < 4.78 is 0. The predicted molar refractivity (Wildman–Crippen MR) is 84.6 cm³/mol. The summed E-state index contributed by atoms with van der Waals surface area (Å²) in [6.45, 7) is 0.734. The first-order valence-corrected chi connectivity index (χ1v) is 8.04. The SMILES string of the molecule is O=C(Nc1cccc(N2CCCCC2=O)c1)C1CCCC1O. The molecule has 0 bridgehead atoms. The number of hydrogen-bond donors (Lipinski definition) is 2. The third kappa shape index (κ3) is 3.14. The summed E-state index contributed by atoms with van der Waals surface area (Å²) in [5.41, 5.74) is 1.51. The molecule has 5 nitrogen and oxygen atoms in total. The number of nitrogens with one attached hydrogen (secondary N) is 1. The largest absolute Gasteiger partial charge is 0.392 e. The molecule has 2 unspecified atom stereocenters. The van der Waals surface area contributed by atoms with Crippen molar-refractivity contribution in [2.75, 3.05) is 16.8 Å². The van der Waals surface area contributed by atoms with E-state index in [1.54, 1.807) is 4.90 Å². The molecule has 1 saturated heterocycles. The minimum atomic E-state index is -0.535. The Morgan fingerprint density at radius 2 is 2.09 bits per heavy atom. The number of carbonyl (C=O) groups excluding carboxylic acids is 2. The highest BCUT2D eigenvalue weighted by molar-refractivity contribution is 5.96. The fourth-order valence-corrected chi connectivity index (χ4v) is 3.31. The van der Waals surface area contributed by atoms with Crippen molar-refractivity contribution in [3.05, 3.63) is 24.3 Å². The van der Waals surface area contributed by atoms with Crippen LogP contribution in [0.2, 0.25) is 0 Å². The molecule has 0 radical (unpaired) electrons. The Morgan fingerprint density at radius 3 is 2.82 bits per heavy atom. The van der Waals surface area contributed by atoms with Gasteiger partial charge < -0.3 is 15.3 Å². The second-order valence-corrected chi connectivity index (χ2v) is 6.15. The number of amides is 2. The maximum Gasteiger partial charge on any atom is 0.230 e. The molecule has 2 aliphatic rings. The summed E-state index contributed by atoms with van der Waals surface area (Å²) >= 11 is 0. The standard InChI is InChI=1S/C17H22N2O3/c20-15-8-4-7-14(15)17(22)18-12-5-3-6-13(11-12)19-10-2-1-9-16(19)21/h3,5-6,11,14-15,20H,1-2,4,7-10H2,(H,18,22). The smallest absolute Gasteiger partial charge is 0.230 e. The Hall–Kier alpha value is -1.88. The molecule has 3 rings (SSSR count). The molecule has 1 aliphatic carbocycles. The van der Waals surface area contributed by atoms with Crippen molar-refractivity contribution in [1.29, 1.82) is 0 Å². The average molecular weight is 302 g/mol. The number of benzene rings is 1. The minimum Gasteiger partial charge on any atom is -0.392 e. The number of piperidine rings is 1. The van der Waals surface area contributed by atoms with E-state index in [0.717, 1.165) is 37.9 Å². The number of aliphatic hydroxyl groups excluding tert-OH is 1. The van der Waals surface area contributed by atoms with Crippen molar-refractivity contribution in [2.45, 2.75) is 44.6 Å². The van der Waals surface area contributed by atoms with Crippen molar-refractivity contribution < 1.29 is 14.7 Å². The van der Waals surface area contributed by atoms with Crippen molar-refractivity contribution in [3.8, 4) is 0 Å². The molecule has 1 aromatic rings. The van der Waals surface area contributed by atoms with Crippen LogP contribution in [0.1, 0.15) is 38.5 Å². The summed E-state index contributed by atoms with van der Waals surface area (Å²) in [4.78, 5) is 26.0. The highest BCUT2D eigenvalue weighted by Gasteiger charge is 2.31. The molecule has 1 aromatic carbocycles. The Labute approximate surface area is 130 Å². The van der Waals surface area contributed by atoms with Gasteiger partial charge in [-0.2, -0.15) is 0 Å². The van der Waals surface area contributed by atoms with Crippen LogP contribution in [-0.2, 0) is 9.59 Å². The zero-order valence-corrected chi connectivity index (χ0v) is 12.6. The summed E-state index contributed by atoms with van der Waals surface area (Å²) in [5.74, 6) is -0.312. The van der Waals surface area contributed by atoms with Crippen LogP contribution in [0, 0.1) is 5.92 Å². The first-order chi connectivity index (χ1) is 10.6. The summed E-state index contributed by atoms with van der Waals surface area (Å²) in [6.07, 6.45) is 4.33. The zero-order valence-electron chi connectivity index (χ0n) is 12.6. The van der Waals surface area contributed by atoms with Gasteiger partial charge in [-0.1, -0.05) is 6.07 Å². The van der Waals surface area contributed by atoms with E-state index in [1.807, 2.05) is 24.3 Å². The molecule has 0 aromatic heterocycles. The van der Waals surface area contributed by atoms with Crippen LogP contribution >= 0.6 is 0 Å². The van der Waals surface area contributed by atoms with Gasteiger partial charge in [-0.15, -0.1) is 0 Å². The summed E-state index contributed by atoms with van der Waals surface area (Å²) in [6, 6.07) is 7.39. The van der Waals surface area contributed by atoms with Gasteiger partial charge in [0.2, 0.25) is 11.8 Å². The second kappa shape index (κ2) is 6.48. The van der Waals surface area contributed by atoms with E-state index in [4.69, 9.17) is 0 Å². The lowest BCUT2D eigenvalue weighted by Crippen LogP contribution is -2.35. The van der Waals surface area contributed by atoms with Gasteiger partial charge in [0.1, 0.15) is 0 Å². The van der Waals surface area contributed by atoms with Gasteiger partial charge >= 0.3 is 0 Å². The molecule has 0 spiro atoms. The zero-order chi connectivity index (χ0) is 15.5.